The van der Waals surface area contributed by atoms with Gasteiger partial charge in [-0.15, -0.1) is 0 Å². The molecule has 0 amide bonds. The number of anilines is 1. The number of aromatic amines is 1. The summed E-state index contributed by atoms with van der Waals surface area (Å²) in [6, 6.07) is 11.8. The molecule has 30 heavy (non-hydrogen) atoms. The van der Waals surface area contributed by atoms with Gasteiger partial charge in [-0.25, -0.2) is 9.97 Å². The van der Waals surface area contributed by atoms with Crippen molar-refractivity contribution in [3.63, 3.8) is 0 Å². The number of rotatable bonds is 5. The largest absolute Gasteiger partial charge is 0.395 e. The lowest BCUT2D eigenvalue weighted by atomic mass is 9.83. The van der Waals surface area contributed by atoms with Gasteiger partial charge in [-0.3, -0.25) is 4.90 Å². The lowest BCUT2D eigenvalue weighted by Gasteiger charge is -2.42. The Balaban J connectivity index is 1.39. The molecule has 0 radical (unpaired) electrons. The molecule has 0 spiro atoms. The van der Waals surface area contributed by atoms with Crippen LogP contribution in [0.1, 0.15) is 60.9 Å². The number of hydrogen-bond donors (Lipinski definition) is 3. The molecule has 3 aliphatic rings. The summed E-state index contributed by atoms with van der Waals surface area (Å²) >= 11 is 0. The van der Waals surface area contributed by atoms with Crippen LogP contribution in [0.5, 0.6) is 0 Å². The molecule has 1 saturated carbocycles. The van der Waals surface area contributed by atoms with E-state index >= 15 is 0 Å². The lowest BCUT2D eigenvalue weighted by Crippen LogP contribution is -2.48. The van der Waals surface area contributed by atoms with Gasteiger partial charge in [0.2, 0.25) is 0 Å². The van der Waals surface area contributed by atoms with Crippen molar-refractivity contribution in [3.05, 3.63) is 53.5 Å². The van der Waals surface area contributed by atoms with Gasteiger partial charge in [0.05, 0.1) is 18.0 Å². The Morgan fingerprint density at radius 1 is 1.13 bits per heavy atom. The van der Waals surface area contributed by atoms with Crippen LogP contribution in [-0.4, -0.2) is 50.2 Å². The van der Waals surface area contributed by atoms with Gasteiger partial charge in [-0.2, -0.15) is 0 Å². The molecule has 6 nitrogen and oxygen atoms in total. The van der Waals surface area contributed by atoms with E-state index < -0.39 is 0 Å². The molecule has 2 aromatic heterocycles. The van der Waals surface area contributed by atoms with Crippen LogP contribution in [-0.2, 0) is 6.42 Å². The third-order valence-electron chi connectivity index (χ3n) is 7.30. The molecule has 1 saturated heterocycles. The number of benzene rings is 1. The third-order valence-corrected chi connectivity index (χ3v) is 7.30. The summed E-state index contributed by atoms with van der Waals surface area (Å²) in [4.78, 5) is 15.2. The van der Waals surface area contributed by atoms with Crippen LogP contribution < -0.4 is 5.32 Å². The summed E-state index contributed by atoms with van der Waals surface area (Å²) in [7, 11) is 0. The average molecular weight is 404 g/mol. The normalized spacial score (nSPS) is 26.8. The van der Waals surface area contributed by atoms with E-state index in [1.54, 1.807) is 6.33 Å². The molecule has 3 aromatic rings. The summed E-state index contributed by atoms with van der Waals surface area (Å²) in [6.45, 7) is 1.30. The number of fused-ring (bicyclic) bond motifs is 2. The molecule has 1 aliphatic heterocycles. The first-order chi connectivity index (χ1) is 14.8. The topological polar surface area (TPSA) is 77.1 Å². The van der Waals surface area contributed by atoms with E-state index in [1.165, 1.54) is 29.7 Å². The molecule has 156 valence electrons. The maximum atomic E-state index is 9.95. The van der Waals surface area contributed by atoms with Crippen molar-refractivity contribution in [2.75, 3.05) is 18.5 Å². The summed E-state index contributed by atoms with van der Waals surface area (Å²) in [5.74, 6) is 1.57. The number of nitrogens with zero attached hydrogens (tertiary/aromatic N) is 3. The predicted octanol–water partition coefficient (Wildman–Crippen LogP) is 3.76. The SMILES string of the molecule is OC[C@@H]1CCCN1[C@H]1CCc2ccccc2[C@@H]1Nc1ncnc2[nH]c(C3CC3)cc12. The summed E-state index contributed by atoms with van der Waals surface area (Å²) < 4.78 is 0. The maximum absolute atomic E-state index is 9.95. The smallest absolute Gasteiger partial charge is 0.143 e. The first kappa shape index (κ1) is 18.3. The average Bonchev–Trinajstić information content (AvgIpc) is 3.36. The number of hydrogen-bond acceptors (Lipinski definition) is 5. The van der Waals surface area contributed by atoms with E-state index in [4.69, 9.17) is 0 Å². The number of aliphatic hydroxyl groups is 1. The first-order valence-electron chi connectivity index (χ1n) is 11.4. The van der Waals surface area contributed by atoms with Crippen LogP contribution in [0, 0.1) is 0 Å². The number of aliphatic hydroxyl groups excluding tert-OH is 1. The van der Waals surface area contributed by atoms with Gasteiger partial charge in [0.15, 0.2) is 0 Å². The van der Waals surface area contributed by atoms with E-state index in [0.29, 0.717) is 12.0 Å². The Labute approximate surface area is 176 Å². The fraction of sp³-hybridized carbons (Fsp3) is 0.500. The predicted molar refractivity (Wildman–Crippen MR) is 118 cm³/mol. The molecule has 0 bridgehead atoms. The number of nitrogens with one attached hydrogen (secondary N) is 2. The molecule has 2 aliphatic carbocycles. The number of H-pyrrole nitrogens is 1. The Kier molecular flexibility index (Phi) is 4.50. The molecule has 2 fully saturated rings. The second-order valence-electron chi connectivity index (χ2n) is 9.13. The molecule has 3 heterocycles. The second-order valence-corrected chi connectivity index (χ2v) is 9.13. The Morgan fingerprint density at radius 2 is 2.03 bits per heavy atom. The van der Waals surface area contributed by atoms with E-state index in [-0.39, 0.29) is 18.7 Å². The Morgan fingerprint density at radius 3 is 2.90 bits per heavy atom. The van der Waals surface area contributed by atoms with Gasteiger partial charge in [-0.05, 0) is 68.2 Å². The third kappa shape index (κ3) is 3.10. The quantitative estimate of drug-likeness (QED) is 0.605. The van der Waals surface area contributed by atoms with Crippen LogP contribution in [0.15, 0.2) is 36.7 Å². The Hall–Kier alpha value is -2.44. The van der Waals surface area contributed by atoms with Crippen molar-refractivity contribution < 1.29 is 5.11 Å². The van der Waals surface area contributed by atoms with Crippen LogP contribution >= 0.6 is 0 Å². The van der Waals surface area contributed by atoms with Crippen molar-refractivity contribution >= 4 is 16.9 Å². The summed E-state index contributed by atoms with van der Waals surface area (Å²) in [6.07, 6.45) is 8.62. The number of aromatic nitrogens is 3. The van der Waals surface area contributed by atoms with Crippen LogP contribution in [0.4, 0.5) is 5.82 Å². The zero-order valence-corrected chi connectivity index (χ0v) is 17.2. The monoisotopic (exact) mass is 403 g/mol. The minimum Gasteiger partial charge on any atom is -0.395 e. The van der Waals surface area contributed by atoms with Crippen molar-refractivity contribution in [2.24, 2.45) is 0 Å². The zero-order valence-electron chi connectivity index (χ0n) is 17.2. The highest BCUT2D eigenvalue weighted by Gasteiger charge is 2.39. The standard InChI is InChI=1S/C24H29N5O/c30-13-17-5-3-11-29(17)21-10-9-15-4-1-2-6-18(15)22(21)28-24-19-12-20(16-7-8-16)27-23(19)25-14-26-24/h1-2,4,6,12,14,16-17,21-22,30H,3,5,7-11,13H2,(H2,25,26,27,28)/t17-,21-,22-/m0/s1. The van der Waals surface area contributed by atoms with E-state index in [9.17, 15) is 5.11 Å². The van der Waals surface area contributed by atoms with Crippen molar-refractivity contribution in [2.45, 2.75) is 62.6 Å². The number of likely N-dealkylation sites (tertiary alicyclic amines) is 1. The fourth-order valence-electron chi connectivity index (χ4n) is 5.60. The summed E-state index contributed by atoms with van der Waals surface area (Å²) in [5, 5.41) is 14.9. The molecular weight excluding hydrogens is 374 g/mol. The van der Waals surface area contributed by atoms with Gasteiger partial charge < -0.3 is 15.4 Å². The molecule has 3 atom stereocenters. The van der Waals surface area contributed by atoms with Gasteiger partial charge in [-0.1, -0.05) is 24.3 Å². The van der Waals surface area contributed by atoms with Crippen LogP contribution in [0.2, 0.25) is 0 Å². The highest BCUT2D eigenvalue weighted by molar-refractivity contribution is 5.88. The lowest BCUT2D eigenvalue weighted by molar-refractivity contribution is 0.100. The highest BCUT2D eigenvalue weighted by Crippen LogP contribution is 2.42. The fourth-order valence-corrected chi connectivity index (χ4v) is 5.60. The van der Waals surface area contributed by atoms with E-state index in [0.717, 1.165) is 49.1 Å². The van der Waals surface area contributed by atoms with Gasteiger partial charge in [0, 0.05) is 17.8 Å². The summed E-state index contributed by atoms with van der Waals surface area (Å²) in [5.41, 5.74) is 4.99. The van der Waals surface area contributed by atoms with Gasteiger partial charge in [0.25, 0.3) is 0 Å². The first-order valence-corrected chi connectivity index (χ1v) is 11.4. The molecule has 3 N–H and O–H groups in total. The van der Waals surface area contributed by atoms with Crippen molar-refractivity contribution in [1.82, 2.24) is 19.9 Å². The zero-order chi connectivity index (χ0) is 20.1. The van der Waals surface area contributed by atoms with Gasteiger partial charge >= 0.3 is 0 Å². The number of aryl methyl sites for hydroxylation is 1. The molecule has 0 unspecified atom stereocenters. The highest BCUT2D eigenvalue weighted by atomic mass is 16.3. The Bertz CT molecular complexity index is 1060. The van der Waals surface area contributed by atoms with Gasteiger partial charge in [0.1, 0.15) is 17.8 Å². The van der Waals surface area contributed by atoms with E-state index in [2.05, 4.69) is 55.5 Å². The van der Waals surface area contributed by atoms with Crippen molar-refractivity contribution in [1.29, 1.82) is 0 Å². The van der Waals surface area contributed by atoms with Crippen LogP contribution in [0.25, 0.3) is 11.0 Å². The maximum Gasteiger partial charge on any atom is 0.143 e. The minimum absolute atomic E-state index is 0.152. The van der Waals surface area contributed by atoms with Crippen LogP contribution in [0.3, 0.4) is 0 Å². The molecular formula is C24H29N5O. The molecule has 6 rings (SSSR count). The minimum atomic E-state index is 0.152. The molecule has 6 heteroatoms. The van der Waals surface area contributed by atoms with Crippen molar-refractivity contribution in [3.8, 4) is 0 Å². The second kappa shape index (κ2) is 7.36. The van der Waals surface area contributed by atoms with E-state index in [1.807, 2.05) is 0 Å². The molecule has 1 aromatic carbocycles.